The van der Waals surface area contributed by atoms with Gasteiger partial charge in [0.2, 0.25) is 5.88 Å². The Hall–Kier alpha value is -3.26. The molecule has 0 radical (unpaired) electrons. The molecular formula is C18H14F2N2O4. The number of carbonyl (C=O) groups is 1. The lowest BCUT2D eigenvalue weighted by Gasteiger charge is -2.10. The third-order valence-corrected chi connectivity index (χ3v) is 3.44. The Morgan fingerprint density at radius 1 is 1.19 bits per heavy atom. The van der Waals surface area contributed by atoms with Crippen molar-refractivity contribution in [1.82, 2.24) is 10.3 Å². The van der Waals surface area contributed by atoms with E-state index >= 15 is 0 Å². The summed E-state index contributed by atoms with van der Waals surface area (Å²) in [6.07, 6.45) is 1.47. The standard InChI is InChI=1S/C18H14F2N2O4/c19-14-5-3-12(8-15(14)20)26-18-11(2-1-7-21-18)9-22-17(24)16-6-4-13(10-23)25-16/h1-8,23H,9-10H2,(H,22,24). The van der Waals surface area contributed by atoms with Gasteiger partial charge in [0.15, 0.2) is 17.4 Å². The fraction of sp³-hybridized carbons (Fsp3) is 0.111. The van der Waals surface area contributed by atoms with Crippen LogP contribution in [0.5, 0.6) is 11.6 Å². The van der Waals surface area contributed by atoms with Gasteiger partial charge in [0.1, 0.15) is 18.1 Å². The molecule has 0 spiro atoms. The van der Waals surface area contributed by atoms with E-state index in [0.717, 1.165) is 12.1 Å². The van der Waals surface area contributed by atoms with Gasteiger partial charge in [-0.25, -0.2) is 13.8 Å². The number of carbonyl (C=O) groups excluding carboxylic acids is 1. The van der Waals surface area contributed by atoms with E-state index in [1.807, 2.05) is 0 Å². The number of nitrogens with zero attached hydrogens (tertiary/aromatic N) is 1. The van der Waals surface area contributed by atoms with E-state index in [1.54, 1.807) is 12.1 Å². The van der Waals surface area contributed by atoms with Crippen molar-refractivity contribution in [2.45, 2.75) is 13.2 Å². The van der Waals surface area contributed by atoms with Crippen molar-refractivity contribution in [2.75, 3.05) is 0 Å². The van der Waals surface area contributed by atoms with Crippen molar-refractivity contribution in [1.29, 1.82) is 0 Å². The molecule has 0 atom stereocenters. The van der Waals surface area contributed by atoms with Crippen molar-refractivity contribution in [2.24, 2.45) is 0 Å². The van der Waals surface area contributed by atoms with E-state index in [0.29, 0.717) is 5.56 Å². The molecular weight excluding hydrogens is 346 g/mol. The molecule has 1 amide bonds. The van der Waals surface area contributed by atoms with Crippen molar-refractivity contribution in [3.8, 4) is 11.6 Å². The summed E-state index contributed by atoms with van der Waals surface area (Å²) in [5.41, 5.74) is 0.527. The minimum atomic E-state index is -1.04. The Bertz CT molecular complexity index is 927. The molecule has 3 aromatic rings. The SMILES string of the molecule is O=C(NCc1cccnc1Oc1ccc(F)c(F)c1)c1ccc(CO)o1. The molecule has 2 N–H and O–H groups in total. The molecule has 0 saturated heterocycles. The molecule has 0 unspecified atom stereocenters. The number of amides is 1. The lowest BCUT2D eigenvalue weighted by atomic mass is 10.2. The maximum Gasteiger partial charge on any atom is 0.287 e. The molecule has 0 saturated carbocycles. The molecule has 0 bridgehead atoms. The Morgan fingerprint density at radius 2 is 2.04 bits per heavy atom. The summed E-state index contributed by atoms with van der Waals surface area (Å²) in [4.78, 5) is 16.1. The first-order valence-electron chi connectivity index (χ1n) is 7.61. The largest absolute Gasteiger partial charge is 0.453 e. The quantitative estimate of drug-likeness (QED) is 0.705. The summed E-state index contributed by atoms with van der Waals surface area (Å²) in [5.74, 6) is -1.94. The van der Waals surface area contributed by atoms with Gasteiger partial charge >= 0.3 is 0 Å². The lowest BCUT2D eigenvalue weighted by molar-refractivity contribution is 0.0918. The van der Waals surface area contributed by atoms with Gasteiger partial charge in [-0.05, 0) is 30.3 Å². The van der Waals surface area contributed by atoms with Crippen LogP contribution < -0.4 is 10.1 Å². The second-order valence-corrected chi connectivity index (χ2v) is 5.25. The van der Waals surface area contributed by atoms with Gasteiger partial charge in [0, 0.05) is 24.4 Å². The van der Waals surface area contributed by atoms with E-state index in [4.69, 9.17) is 14.3 Å². The zero-order valence-corrected chi connectivity index (χ0v) is 13.4. The van der Waals surface area contributed by atoms with Crippen LogP contribution in [-0.2, 0) is 13.2 Å². The minimum absolute atomic E-state index is 0.0565. The summed E-state index contributed by atoms with van der Waals surface area (Å²) >= 11 is 0. The first-order chi connectivity index (χ1) is 12.6. The van der Waals surface area contributed by atoms with Gasteiger partial charge < -0.3 is 19.6 Å². The molecule has 6 nitrogen and oxygen atoms in total. The molecule has 8 heteroatoms. The van der Waals surface area contributed by atoms with E-state index < -0.39 is 17.5 Å². The first kappa shape index (κ1) is 17.6. The van der Waals surface area contributed by atoms with Crippen molar-refractivity contribution in [3.05, 3.63) is 77.4 Å². The highest BCUT2D eigenvalue weighted by atomic mass is 19.2. The molecule has 2 aromatic heterocycles. The number of benzene rings is 1. The average molecular weight is 360 g/mol. The van der Waals surface area contributed by atoms with Crippen LogP contribution in [0.1, 0.15) is 21.9 Å². The molecule has 0 aliphatic rings. The normalized spacial score (nSPS) is 10.6. The lowest BCUT2D eigenvalue weighted by Crippen LogP contribution is -2.22. The van der Waals surface area contributed by atoms with Crippen molar-refractivity contribution in [3.63, 3.8) is 0 Å². The number of aliphatic hydroxyl groups is 1. The van der Waals surface area contributed by atoms with Crippen LogP contribution in [0.25, 0.3) is 0 Å². The summed E-state index contributed by atoms with van der Waals surface area (Å²) in [6.45, 7) is -0.233. The minimum Gasteiger partial charge on any atom is -0.453 e. The zero-order chi connectivity index (χ0) is 18.5. The number of pyridine rings is 1. The van der Waals surface area contributed by atoms with Crippen LogP contribution >= 0.6 is 0 Å². The maximum atomic E-state index is 13.3. The Balaban J connectivity index is 1.70. The topological polar surface area (TPSA) is 84.6 Å². The second-order valence-electron chi connectivity index (χ2n) is 5.25. The summed E-state index contributed by atoms with van der Waals surface area (Å²) in [7, 11) is 0. The van der Waals surface area contributed by atoms with E-state index in [1.165, 1.54) is 24.4 Å². The van der Waals surface area contributed by atoms with E-state index in [-0.39, 0.29) is 36.3 Å². The molecule has 134 valence electrons. The number of hydrogen-bond acceptors (Lipinski definition) is 5. The number of hydrogen-bond donors (Lipinski definition) is 2. The summed E-state index contributed by atoms with van der Waals surface area (Å²) in [6, 6.07) is 9.39. The van der Waals surface area contributed by atoms with Gasteiger partial charge in [-0.2, -0.15) is 0 Å². The Kier molecular flexibility index (Phi) is 5.23. The second kappa shape index (κ2) is 7.75. The number of furan rings is 1. The molecule has 0 aliphatic heterocycles. The fourth-order valence-corrected chi connectivity index (χ4v) is 2.15. The smallest absolute Gasteiger partial charge is 0.287 e. The molecule has 26 heavy (non-hydrogen) atoms. The molecule has 0 fully saturated rings. The highest BCUT2D eigenvalue weighted by molar-refractivity contribution is 5.91. The number of aromatic nitrogens is 1. The fourth-order valence-electron chi connectivity index (χ4n) is 2.15. The number of aliphatic hydroxyl groups excluding tert-OH is 1. The van der Waals surface area contributed by atoms with Gasteiger partial charge in [0.25, 0.3) is 5.91 Å². The first-order valence-corrected chi connectivity index (χ1v) is 7.61. The Morgan fingerprint density at radius 3 is 2.77 bits per heavy atom. The van der Waals surface area contributed by atoms with Crippen LogP contribution in [0.4, 0.5) is 8.78 Å². The summed E-state index contributed by atoms with van der Waals surface area (Å²) < 4.78 is 36.9. The predicted molar refractivity (Wildman–Crippen MR) is 86.5 cm³/mol. The van der Waals surface area contributed by atoms with Crippen LogP contribution in [0.3, 0.4) is 0 Å². The van der Waals surface area contributed by atoms with Crippen molar-refractivity contribution >= 4 is 5.91 Å². The highest BCUT2D eigenvalue weighted by Gasteiger charge is 2.13. The third kappa shape index (κ3) is 4.04. The van der Waals surface area contributed by atoms with E-state index in [2.05, 4.69) is 10.3 Å². The molecule has 2 heterocycles. The monoisotopic (exact) mass is 360 g/mol. The zero-order valence-electron chi connectivity index (χ0n) is 13.4. The van der Waals surface area contributed by atoms with Gasteiger partial charge in [-0.1, -0.05) is 6.07 Å². The summed E-state index contributed by atoms with van der Waals surface area (Å²) in [5, 5.41) is 11.6. The highest BCUT2D eigenvalue weighted by Crippen LogP contribution is 2.24. The molecule has 0 aliphatic carbocycles. The number of halogens is 2. The van der Waals surface area contributed by atoms with Gasteiger partial charge in [0.05, 0.1) is 0 Å². The van der Waals surface area contributed by atoms with Crippen LogP contribution in [0.2, 0.25) is 0 Å². The number of ether oxygens (including phenoxy) is 1. The molecule has 3 rings (SSSR count). The van der Waals surface area contributed by atoms with Gasteiger partial charge in [-0.3, -0.25) is 4.79 Å². The third-order valence-electron chi connectivity index (χ3n) is 3.44. The number of nitrogens with one attached hydrogen (secondary N) is 1. The molecule has 1 aromatic carbocycles. The van der Waals surface area contributed by atoms with Gasteiger partial charge in [-0.15, -0.1) is 0 Å². The Labute approximate surface area is 147 Å². The van der Waals surface area contributed by atoms with E-state index in [9.17, 15) is 13.6 Å². The van der Waals surface area contributed by atoms with Crippen LogP contribution in [0.15, 0.2) is 53.1 Å². The van der Waals surface area contributed by atoms with Crippen LogP contribution in [0, 0.1) is 11.6 Å². The number of rotatable bonds is 6. The van der Waals surface area contributed by atoms with Crippen LogP contribution in [-0.4, -0.2) is 16.0 Å². The maximum absolute atomic E-state index is 13.3. The predicted octanol–water partition coefficient (Wildman–Crippen LogP) is 3.17. The van der Waals surface area contributed by atoms with Crippen molar-refractivity contribution < 1.29 is 27.8 Å². The average Bonchev–Trinajstić information content (AvgIpc) is 3.13.